The maximum Gasteiger partial charge on any atom is 0.218 e. The highest BCUT2D eigenvalue weighted by atomic mass is 16.5. The van der Waals surface area contributed by atoms with Gasteiger partial charge in [0.1, 0.15) is 0 Å². The van der Waals surface area contributed by atoms with E-state index >= 15 is 0 Å². The predicted molar refractivity (Wildman–Crippen MR) is 80.1 cm³/mol. The van der Waals surface area contributed by atoms with Crippen LogP contribution in [0.25, 0.3) is 0 Å². The molecule has 0 atom stereocenters. The van der Waals surface area contributed by atoms with Gasteiger partial charge in [0.05, 0.1) is 13.7 Å². The van der Waals surface area contributed by atoms with Crippen molar-refractivity contribution in [3.63, 3.8) is 0 Å². The molecule has 1 aromatic heterocycles. The summed E-state index contributed by atoms with van der Waals surface area (Å²) in [7, 11) is 3.36. The Morgan fingerprint density at radius 1 is 1.05 bits per heavy atom. The summed E-state index contributed by atoms with van der Waals surface area (Å²) in [6.45, 7) is 1.40. The van der Waals surface area contributed by atoms with Gasteiger partial charge >= 0.3 is 0 Å². The third-order valence-corrected chi connectivity index (χ3v) is 3.11. The molecule has 1 aromatic carbocycles. The molecule has 0 aliphatic carbocycles. The largest absolute Gasteiger partial charge is 0.481 e. The fourth-order valence-corrected chi connectivity index (χ4v) is 2.06. The van der Waals surface area contributed by atoms with Gasteiger partial charge in [-0.3, -0.25) is 0 Å². The van der Waals surface area contributed by atoms with E-state index < -0.39 is 0 Å². The topological polar surface area (TPSA) is 43.4 Å². The van der Waals surface area contributed by atoms with Crippen LogP contribution in [0.5, 0.6) is 5.88 Å². The normalized spacial score (nSPS) is 10.3. The van der Waals surface area contributed by atoms with Crippen LogP contribution in [0.2, 0.25) is 0 Å². The Morgan fingerprint density at radius 2 is 1.85 bits per heavy atom. The van der Waals surface area contributed by atoms with E-state index in [0.717, 1.165) is 24.3 Å². The van der Waals surface area contributed by atoms with Gasteiger partial charge in [0.2, 0.25) is 5.88 Å². The number of ether oxygens (including phenoxy) is 2. The van der Waals surface area contributed by atoms with Crippen molar-refractivity contribution in [2.24, 2.45) is 0 Å². The Kier molecular flexibility index (Phi) is 5.38. The molecule has 4 nitrogen and oxygen atoms in total. The summed E-state index contributed by atoms with van der Waals surface area (Å²) in [5, 5.41) is 3.44. The molecule has 20 heavy (non-hydrogen) atoms. The molecular weight excluding hydrogens is 252 g/mol. The molecule has 0 unspecified atom stereocenters. The van der Waals surface area contributed by atoms with E-state index in [4.69, 9.17) is 9.47 Å². The van der Waals surface area contributed by atoms with Gasteiger partial charge in [0.25, 0.3) is 0 Å². The molecule has 0 spiro atoms. The van der Waals surface area contributed by atoms with Crippen molar-refractivity contribution in [1.29, 1.82) is 0 Å². The lowest BCUT2D eigenvalue weighted by Gasteiger charge is -2.13. The third kappa shape index (κ3) is 3.71. The number of anilines is 1. The van der Waals surface area contributed by atoms with Crippen molar-refractivity contribution in [2.75, 3.05) is 26.1 Å². The number of nitrogens with one attached hydrogen (secondary N) is 1. The lowest BCUT2D eigenvalue weighted by molar-refractivity contribution is 0.202. The summed E-state index contributed by atoms with van der Waals surface area (Å²) in [5.41, 5.74) is 3.41. The molecule has 0 fully saturated rings. The van der Waals surface area contributed by atoms with E-state index in [1.807, 2.05) is 24.3 Å². The lowest BCUT2D eigenvalue weighted by atomic mass is 10.1. The number of nitrogens with zero attached hydrogens (tertiary/aromatic N) is 1. The van der Waals surface area contributed by atoms with Crippen LogP contribution < -0.4 is 10.1 Å². The Labute approximate surface area is 119 Å². The summed E-state index contributed by atoms with van der Waals surface area (Å²) in [5.74, 6) is 0.661. The standard InChI is InChI=1S/C16H20N2O2/c1-19-11-9-13-6-3-4-8-15(13)18-12-14-7-5-10-17-16(14)20-2/h3-8,10,18H,9,11-12H2,1-2H3. The summed E-state index contributed by atoms with van der Waals surface area (Å²) in [6.07, 6.45) is 2.62. The molecule has 1 N–H and O–H groups in total. The van der Waals surface area contributed by atoms with Crippen molar-refractivity contribution in [3.05, 3.63) is 53.7 Å². The number of para-hydroxylation sites is 1. The number of hydrogen-bond acceptors (Lipinski definition) is 4. The van der Waals surface area contributed by atoms with E-state index in [0.29, 0.717) is 12.4 Å². The number of benzene rings is 1. The zero-order valence-corrected chi connectivity index (χ0v) is 11.9. The monoisotopic (exact) mass is 272 g/mol. The molecule has 0 aliphatic rings. The van der Waals surface area contributed by atoms with Crippen molar-refractivity contribution >= 4 is 5.69 Å². The summed E-state index contributed by atoms with van der Waals surface area (Å²) >= 11 is 0. The molecule has 2 aromatic rings. The van der Waals surface area contributed by atoms with Gasteiger partial charge in [0, 0.05) is 31.1 Å². The second-order valence-corrected chi connectivity index (χ2v) is 4.43. The van der Waals surface area contributed by atoms with Crippen LogP contribution in [0.3, 0.4) is 0 Å². The van der Waals surface area contributed by atoms with E-state index in [1.165, 1.54) is 5.56 Å². The predicted octanol–water partition coefficient (Wildman–Crippen LogP) is 2.89. The number of rotatable bonds is 7. The molecule has 1 heterocycles. The van der Waals surface area contributed by atoms with E-state index in [9.17, 15) is 0 Å². The molecule has 0 saturated carbocycles. The van der Waals surface area contributed by atoms with E-state index in [2.05, 4.69) is 22.4 Å². The molecular formula is C16H20N2O2. The van der Waals surface area contributed by atoms with Gasteiger partial charge < -0.3 is 14.8 Å². The van der Waals surface area contributed by atoms with Crippen LogP contribution in [0, 0.1) is 0 Å². The maximum absolute atomic E-state index is 5.26. The van der Waals surface area contributed by atoms with Gasteiger partial charge in [-0.1, -0.05) is 24.3 Å². The number of pyridine rings is 1. The minimum absolute atomic E-state index is 0.661. The zero-order chi connectivity index (χ0) is 14.2. The number of hydrogen-bond donors (Lipinski definition) is 1. The Balaban J connectivity index is 2.06. The summed E-state index contributed by atoms with van der Waals surface area (Å²) in [4.78, 5) is 4.20. The van der Waals surface area contributed by atoms with Gasteiger partial charge in [-0.2, -0.15) is 0 Å². The van der Waals surface area contributed by atoms with Gasteiger partial charge in [-0.25, -0.2) is 4.98 Å². The van der Waals surface area contributed by atoms with Crippen molar-refractivity contribution < 1.29 is 9.47 Å². The van der Waals surface area contributed by atoms with Gasteiger partial charge in [0.15, 0.2) is 0 Å². The second-order valence-electron chi connectivity index (χ2n) is 4.43. The van der Waals surface area contributed by atoms with Crippen molar-refractivity contribution in [1.82, 2.24) is 4.98 Å². The van der Waals surface area contributed by atoms with E-state index in [1.54, 1.807) is 20.4 Å². The van der Waals surface area contributed by atoms with Crippen LogP contribution in [0.4, 0.5) is 5.69 Å². The summed E-state index contributed by atoms with van der Waals surface area (Å²) < 4.78 is 10.4. The third-order valence-electron chi connectivity index (χ3n) is 3.11. The highest BCUT2D eigenvalue weighted by Gasteiger charge is 2.05. The summed E-state index contributed by atoms with van der Waals surface area (Å²) in [6, 6.07) is 12.2. The molecule has 4 heteroatoms. The molecule has 2 rings (SSSR count). The van der Waals surface area contributed by atoms with Gasteiger partial charge in [-0.05, 0) is 24.1 Å². The second kappa shape index (κ2) is 7.50. The Bertz CT molecular complexity index is 544. The molecule has 0 bridgehead atoms. The van der Waals surface area contributed by atoms with Gasteiger partial charge in [-0.15, -0.1) is 0 Å². The SMILES string of the molecule is COCCc1ccccc1NCc1cccnc1OC. The van der Waals surface area contributed by atoms with Crippen LogP contribution in [-0.2, 0) is 17.7 Å². The van der Waals surface area contributed by atoms with Crippen molar-refractivity contribution in [2.45, 2.75) is 13.0 Å². The quantitative estimate of drug-likeness (QED) is 0.841. The van der Waals surface area contributed by atoms with Crippen LogP contribution >= 0.6 is 0 Å². The maximum atomic E-state index is 5.26. The first-order valence-electron chi connectivity index (χ1n) is 6.63. The highest BCUT2D eigenvalue weighted by molar-refractivity contribution is 5.51. The van der Waals surface area contributed by atoms with Crippen LogP contribution in [0.1, 0.15) is 11.1 Å². The Hall–Kier alpha value is -2.07. The zero-order valence-electron chi connectivity index (χ0n) is 11.9. The lowest BCUT2D eigenvalue weighted by Crippen LogP contribution is -2.06. The average molecular weight is 272 g/mol. The van der Waals surface area contributed by atoms with Crippen LogP contribution in [-0.4, -0.2) is 25.8 Å². The highest BCUT2D eigenvalue weighted by Crippen LogP contribution is 2.19. The first-order valence-corrected chi connectivity index (χ1v) is 6.63. The smallest absolute Gasteiger partial charge is 0.218 e. The fourth-order valence-electron chi connectivity index (χ4n) is 2.06. The van der Waals surface area contributed by atoms with Crippen LogP contribution in [0.15, 0.2) is 42.6 Å². The minimum Gasteiger partial charge on any atom is -0.481 e. The molecule has 0 radical (unpaired) electrons. The van der Waals surface area contributed by atoms with Crippen molar-refractivity contribution in [3.8, 4) is 5.88 Å². The number of aromatic nitrogens is 1. The average Bonchev–Trinajstić information content (AvgIpc) is 2.52. The minimum atomic E-state index is 0.661. The Morgan fingerprint density at radius 3 is 2.65 bits per heavy atom. The molecule has 106 valence electrons. The first kappa shape index (κ1) is 14.3. The molecule has 0 saturated heterocycles. The fraction of sp³-hybridized carbons (Fsp3) is 0.312. The first-order chi connectivity index (χ1) is 9.85. The molecule has 0 aliphatic heterocycles. The number of methoxy groups -OCH3 is 2. The van der Waals surface area contributed by atoms with E-state index in [-0.39, 0.29) is 0 Å². The molecule has 0 amide bonds.